The van der Waals surface area contributed by atoms with Gasteiger partial charge in [-0.25, -0.2) is 10.3 Å². The summed E-state index contributed by atoms with van der Waals surface area (Å²) in [6.45, 7) is 0. The smallest absolute Gasteiger partial charge is 0.303 e. The van der Waals surface area contributed by atoms with Gasteiger partial charge in [0.1, 0.15) is 5.69 Å². The second-order valence-electron chi connectivity index (χ2n) is 1.94. The SMILES string of the molecule is O=C(NO)c1cc(=O)[nH]c(=O)[nH]1. The lowest BCUT2D eigenvalue weighted by molar-refractivity contribution is 0.0700. The molecule has 1 aromatic heterocycles. The van der Waals surface area contributed by atoms with Crippen molar-refractivity contribution in [3.8, 4) is 0 Å². The number of carbonyl (C=O) groups is 1. The van der Waals surface area contributed by atoms with Crippen molar-refractivity contribution in [1.82, 2.24) is 15.4 Å². The molecule has 7 heteroatoms. The van der Waals surface area contributed by atoms with Gasteiger partial charge >= 0.3 is 5.69 Å². The maximum atomic E-state index is 10.6. The van der Waals surface area contributed by atoms with Crippen LogP contribution in [0.15, 0.2) is 15.7 Å². The largest absolute Gasteiger partial charge is 0.326 e. The lowest BCUT2D eigenvalue weighted by Crippen LogP contribution is -2.29. The summed E-state index contributed by atoms with van der Waals surface area (Å²) in [7, 11) is 0. The minimum atomic E-state index is -0.946. The van der Waals surface area contributed by atoms with Crippen LogP contribution in [0.4, 0.5) is 0 Å². The highest BCUT2D eigenvalue weighted by molar-refractivity contribution is 5.91. The van der Waals surface area contributed by atoms with Crippen LogP contribution in [0.2, 0.25) is 0 Å². The molecule has 1 rings (SSSR count). The number of H-pyrrole nitrogens is 2. The topological polar surface area (TPSA) is 115 Å². The number of aromatic amines is 2. The first-order valence-corrected chi connectivity index (χ1v) is 2.91. The van der Waals surface area contributed by atoms with Gasteiger partial charge < -0.3 is 4.98 Å². The van der Waals surface area contributed by atoms with Gasteiger partial charge in [-0.1, -0.05) is 0 Å². The standard InChI is InChI=1S/C5H5N3O4/c9-3-1-2(4(10)8-12)6-5(11)7-3/h1,12H,(H,8,10)(H2,6,7,9,11). The van der Waals surface area contributed by atoms with Gasteiger partial charge in [-0.2, -0.15) is 0 Å². The Morgan fingerprint density at radius 1 is 1.42 bits per heavy atom. The molecule has 0 unspecified atom stereocenters. The van der Waals surface area contributed by atoms with E-state index in [1.54, 1.807) is 0 Å². The number of amides is 1. The third-order valence-corrected chi connectivity index (χ3v) is 1.11. The highest BCUT2D eigenvalue weighted by Crippen LogP contribution is 1.82. The Labute approximate surface area is 65.0 Å². The summed E-state index contributed by atoms with van der Waals surface area (Å²) in [5.74, 6) is -0.946. The molecule has 0 aliphatic rings. The van der Waals surface area contributed by atoms with E-state index in [2.05, 4.69) is 0 Å². The van der Waals surface area contributed by atoms with Crippen molar-refractivity contribution in [3.63, 3.8) is 0 Å². The average molecular weight is 171 g/mol. The normalized spacial score (nSPS) is 9.42. The van der Waals surface area contributed by atoms with E-state index < -0.39 is 17.2 Å². The predicted octanol–water partition coefficient (Wildman–Crippen LogP) is -1.82. The summed E-state index contributed by atoms with van der Waals surface area (Å²) >= 11 is 0. The highest BCUT2D eigenvalue weighted by atomic mass is 16.5. The fraction of sp³-hybridized carbons (Fsp3) is 0. The monoisotopic (exact) mass is 171 g/mol. The summed E-state index contributed by atoms with van der Waals surface area (Å²) < 4.78 is 0. The third-order valence-electron chi connectivity index (χ3n) is 1.11. The maximum Gasteiger partial charge on any atom is 0.326 e. The molecule has 64 valence electrons. The molecule has 0 saturated carbocycles. The molecule has 0 radical (unpaired) electrons. The maximum absolute atomic E-state index is 10.6. The number of carbonyl (C=O) groups excluding carboxylic acids is 1. The molecule has 12 heavy (non-hydrogen) atoms. The van der Waals surface area contributed by atoms with Gasteiger partial charge in [0.25, 0.3) is 11.5 Å². The molecule has 0 bridgehead atoms. The molecule has 0 aromatic carbocycles. The lowest BCUT2D eigenvalue weighted by atomic mass is 10.4. The van der Waals surface area contributed by atoms with Crippen LogP contribution >= 0.6 is 0 Å². The van der Waals surface area contributed by atoms with Gasteiger partial charge in [0, 0.05) is 6.07 Å². The van der Waals surface area contributed by atoms with Crippen molar-refractivity contribution in [2.75, 3.05) is 0 Å². The molecule has 1 aromatic rings. The number of hydroxylamine groups is 1. The van der Waals surface area contributed by atoms with Crippen LogP contribution in [0.3, 0.4) is 0 Å². The van der Waals surface area contributed by atoms with E-state index in [0.29, 0.717) is 0 Å². The third kappa shape index (κ3) is 1.58. The van der Waals surface area contributed by atoms with E-state index in [1.807, 2.05) is 9.97 Å². The Bertz CT molecular complexity index is 375. The second-order valence-corrected chi connectivity index (χ2v) is 1.94. The summed E-state index contributed by atoms with van der Waals surface area (Å²) in [5, 5.41) is 8.14. The summed E-state index contributed by atoms with van der Waals surface area (Å²) in [4.78, 5) is 35.7. The fourth-order valence-corrected chi connectivity index (χ4v) is 0.651. The molecule has 0 atom stereocenters. The molecule has 4 N–H and O–H groups in total. The molecular weight excluding hydrogens is 166 g/mol. The van der Waals surface area contributed by atoms with Crippen LogP contribution in [-0.4, -0.2) is 21.1 Å². The Morgan fingerprint density at radius 3 is 2.58 bits per heavy atom. The van der Waals surface area contributed by atoms with Crippen LogP contribution < -0.4 is 16.7 Å². The zero-order valence-electron chi connectivity index (χ0n) is 5.75. The Hall–Kier alpha value is -1.89. The molecule has 0 spiro atoms. The Balaban J connectivity index is 3.27. The van der Waals surface area contributed by atoms with Gasteiger partial charge in [-0.15, -0.1) is 0 Å². The molecular formula is C5H5N3O4. The first-order chi connectivity index (χ1) is 5.63. The van der Waals surface area contributed by atoms with Crippen molar-refractivity contribution < 1.29 is 10.0 Å². The van der Waals surface area contributed by atoms with Crippen molar-refractivity contribution in [2.45, 2.75) is 0 Å². The van der Waals surface area contributed by atoms with E-state index in [1.165, 1.54) is 5.48 Å². The zero-order chi connectivity index (χ0) is 9.14. The second kappa shape index (κ2) is 3.01. The molecule has 0 aliphatic carbocycles. The van der Waals surface area contributed by atoms with Crippen molar-refractivity contribution in [1.29, 1.82) is 0 Å². The van der Waals surface area contributed by atoms with Gasteiger partial charge in [0.15, 0.2) is 0 Å². The molecule has 1 heterocycles. The first-order valence-electron chi connectivity index (χ1n) is 2.91. The van der Waals surface area contributed by atoms with Crippen LogP contribution in [0, 0.1) is 0 Å². The number of hydrogen-bond acceptors (Lipinski definition) is 4. The van der Waals surface area contributed by atoms with Gasteiger partial charge in [-0.05, 0) is 0 Å². The van der Waals surface area contributed by atoms with Crippen molar-refractivity contribution in [2.24, 2.45) is 0 Å². The minimum Gasteiger partial charge on any atom is -0.303 e. The van der Waals surface area contributed by atoms with Crippen LogP contribution in [0.5, 0.6) is 0 Å². The van der Waals surface area contributed by atoms with Crippen molar-refractivity contribution in [3.05, 3.63) is 32.6 Å². The Kier molecular flexibility index (Phi) is 2.06. The Morgan fingerprint density at radius 2 is 2.08 bits per heavy atom. The van der Waals surface area contributed by atoms with Crippen LogP contribution in [-0.2, 0) is 0 Å². The van der Waals surface area contributed by atoms with E-state index in [4.69, 9.17) is 5.21 Å². The summed E-state index contributed by atoms with van der Waals surface area (Å²) in [6.07, 6.45) is 0. The van der Waals surface area contributed by atoms with E-state index in [0.717, 1.165) is 6.07 Å². The van der Waals surface area contributed by atoms with Gasteiger partial charge in [-0.3, -0.25) is 19.8 Å². The van der Waals surface area contributed by atoms with E-state index in [9.17, 15) is 14.4 Å². The van der Waals surface area contributed by atoms with E-state index >= 15 is 0 Å². The molecule has 0 fully saturated rings. The predicted molar refractivity (Wildman–Crippen MR) is 36.9 cm³/mol. The molecule has 0 saturated heterocycles. The zero-order valence-corrected chi connectivity index (χ0v) is 5.75. The summed E-state index contributed by atoms with van der Waals surface area (Å²) in [5.41, 5.74) is -0.541. The first kappa shape index (κ1) is 8.21. The molecule has 1 amide bonds. The molecule has 7 nitrogen and oxygen atoms in total. The number of nitrogens with one attached hydrogen (secondary N) is 3. The fourth-order valence-electron chi connectivity index (χ4n) is 0.651. The number of hydrogen-bond donors (Lipinski definition) is 4. The van der Waals surface area contributed by atoms with Crippen LogP contribution in [0.25, 0.3) is 0 Å². The van der Waals surface area contributed by atoms with Crippen LogP contribution in [0.1, 0.15) is 10.5 Å². The molecule has 0 aliphatic heterocycles. The van der Waals surface area contributed by atoms with Crippen molar-refractivity contribution >= 4 is 5.91 Å². The van der Waals surface area contributed by atoms with Gasteiger partial charge in [0.2, 0.25) is 0 Å². The quantitative estimate of drug-likeness (QED) is 0.294. The highest BCUT2D eigenvalue weighted by Gasteiger charge is 2.05. The summed E-state index contributed by atoms with van der Waals surface area (Å²) in [6, 6.07) is 0.854. The average Bonchev–Trinajstić information content (AvgIpc) is 2.01. The number of aromatic nitrogens is 2. The van der Waals surface area contributed by atoms with Gasteiger partial charge in [0.05, 0.1) is 0 Å². The minimum absolute atomic E-state index is 0.300. The number of rotatable bonds is 1. The lowest BCUT2D eigenvalue weighted by Gasteiger charge is -1.95. The van der Waals surface area contributed by atoms with E-state index in [-0.39, 0.29) is 5.69 Å².